The van der Waals surface area contributed by atoms with Gasteiger partial charge in [0.2, 0.25) is 0 Å². The molecular weight excluding hydrogens is 280 g/mol. The number of aromatic hydroxyl groups is 1. The van der Waals surface area contributed by atoms with Gasteiger partial charge in [0, 0.05) is 10.8 Å². The first-order valence-corrected chi connectivity index (χ1v) is 7.86. The third-order valence-corrected chi connectivity index (χ3v) is 4.49. The molecule has 4 aromatic rings. The molecule has 1 nitrogen and oxygen atoms in total. The first kappa shape index (κ1) is 13.8. The molecule has 0 aliphatic heterocycles. The number of benzene rings is 4. The minimum atomic E-state index is 0.371. The smallest absolute Gasteiger partial charge is 0.131 e. The lowest BCUT2D eigenvalue weighted by molar-refractivity contribution is 0.488. The summed E-state index contributed by atoms with van der Waals surface area (Å²) in [6.07, 6.45) is 0. The molecule has 1 heteroatoms. The van der Waals surface area contributed by atoms with Crippen molar-refractivity contribution < 1.29 is 5.11 Å². The predicted molar refractivity (Wildman–Crippen MR) is 98.0 cm³/mol. The minimum absolute atomic E-state index is 0.371. The third-order valence-electron chi connectivity index (χ3n) is 4.49. The lowest BCUT2D eigenvalue weighted by Crippen LogP contribution is -1.88. The van der Waals surface area contributed by atoms with E-state index in [4.69, 9.17) is 0 Å². The van der Waals surface area contributed by atoms with Gasteiger partial charge in [-0.3, -0.25) is 0 Å². The fraction of sp³-hybridized carbons (Fsp3) is 0.0909. The summed E-state index contributed by atoms with van der Waals surface area (Å²) in [4.78, 5) is 0. The molecule has 0 unspecified atom stereocenters. The molecule has 0 radical (unpaired) electrons. The van der Waals surface area contributed by atoms with E-state index in [-0.39, 0.29) is 0 Å². The normalized spacial score (nSPS) is 11.2. The molecule has 112 valence electrons. The van der Waals surface area contributed by atoms with Crippen LogP contribution in [0.2, 0.25) is 0 Å². The molecule has 0 aliphatic carbocycles. The van der Waals surface area contributed by atoms with E-state index < -0.39 is 0 Å². The number of fused-ring (bicyclic) bond motifs is 2. The van der Waals surface area contributed by atoms with Crippen molar-refractivity contribution in [3.63, 3.8) is 0 Å². The molecule has 0 spiro atoms. The lowest BCUT2D eigenvalue weighted by atomic mass is 9.90. The van der Waals surface area contributed by atoms with Crippen molar-refractivity contribution in [3.05, 3.63) is 77.9 Å². The van der Waals surface area contributed by atoms with E-state index in [9.17, 15) is 5.11 Å². The van der Waals surface area contributed by atoms with Gasteiger partial charge in [0.05, 0.1) is 0 Å². The molecule has 0 atom stereocenters. The molecule has 0 aromatic heterocycles. The predicted octanol–water partition coefficient (Wildman–Crippen LogP) is 5.98. The highest BCUT2D eigenvalue weighted by atomic mass is 16.3. The van der Waals surface area contributed by atoms with E-state index in [0.717, 1.165) is 27.1 Å². The second-order valence-electron chi connectivity index (χ2n) is 6.18. The maximum absolute atomic E-state index is 10.8. The van der Waals surface area contributed by atoms with Crippen molar-refractivity contribution >= 4 is 21.5 Å². The first-order chi connectivity index (χ1) is 11.1. The largest absolute Gasteiger partial charge is 0.507 e. The highest BCUT2D eigenvalue weighted by Gasteiger charge is 2.14. The van der Waals surface area contributed by atoms with Gasteiger partial charge in [-0.15, -0.1) is 0 Å². The van der Waals surface area contributed by atoms with Crippen molar-refractivity contribution in [1.82, 2.24) is 0 Å². The molecule has 4 aromatic carbocycles. The highest BCUT2D eigenvalue weighted by Crippen LogP contribution is 2.42. The molecule has 0 amide bonds. The maximum atomic E-state index is 10.8. The van der Waals surface area contributed by atoms with Crippen LogP contribution in [0.4, 0.5) is 0 Å². The fourth-order valence-corrected chi connectivity index (χ4v) is 3.30. The van der Waals surface area contributed by atoms with E-state index in [2.05, 4.69) is 62.4 Å². The van der Waals surface area contributed by atoms with Crippen molar-refractivity contribution in [2.45, 2.75) is 13.8 Å². The molecule has 0 saturated heterocycles. The maximum Gasteiger partial charge on any atom is 0.131 e. The quantitative estimate of drug-likeness (QED) is 0.428. The Morgan fingerprint density at radius 1 is 0.609 bits per heavy atom. The average molecular weight is 298 g/mol. The lowest BCUT2D eigenvalue weighted by Gasteiger charge is -2.15. The Morgan fingerprint density at radius 2 is 1.22 bits per heavy atom. The summed E-state index contributed by atoms with van der Waals surface area (Å²) in [6, 6.07) is 23.0. The SMILES string of the molecule is Cc1ccc(-c2c3ccccc3c(O)c3cc(C)ccc23)cc1. The minimum Gasteiger partial charge on any atom is -0.507 e. The summed E-state index contributed by atoms with van der Waals surface area (Å²) in [5.41, 5.74) is 4.77. The third kappa shape index (κ3) is 2.17. The molecule has 0 saturated carbocycles. The van der Waals surface area contributed by atoms with Crippen molar-refractivity contribution in [2.75, 3.05) is 0 Å². The van der Waals surface area contributed by atoms with Gasteiger partial charge in [-0.2, -0.15) is 0 Å². The van der Waals surface area contributed by atoms with Gasteiger partial charge in [-0.25, -0.2) is 0 Å². The van der Waals surface area contributed by atoms with Crippen LogP contribution in [0, 0.1) is 13.8 Å². The number of hydrogen-bond acceptors (Lipinski definition) is 1. The van der Waals surface area contributed by atoms with Crippen LogP contribution in [-0.2, 0) is 0 Å². The Morgan fingerprint density at radius 3 is 1.96 bits per heavy atom. The summed E-state index contributed by atoms with van der Waals surface area (Å²) in [7, 11) is 0. The van der Waals surface area contributed by atoms with Crippen molar-refractivity contribution in [3.8, 4) is 16.9 Å². The molecule has 23 heavy (non-hydrogen) atoms. The topological polar surface area (TPSA) is 20.2 Å². The summed E-state index contributed by atoms with van der Waals surface area (Å²) in [5.74, 6) is 0.371. The zero-order chi connectivity index (χ0) is 16.0. The molecule has 0 heterocycles. The molecule has 0 fully saturated rings. The van der Waals surface area contributed by atoms with Gasteiger partial charge in [0.25, 0.3) is 0 Å². The fourth-order valence-electron chi connectivity index (χ4n) is 3.30. The molecule has 0 bridgehead atoms. The number of aryl methyl sites for hydroxylation is 2. The second-order valence-corrected chi connectivity index (χ2v) is 6.18. The first-order valence-electron chi connectivity index (χ1n) is 7.86. The molecule has 4 rings (SSSR count). The zero-order valence-corrected chi connectivity index (χ0v) is 13.3. The number of hydrogen-bond donors (Lipinski definition) is 1. The van der Waals surface area contributed by atoms with E-state index >= 15 is 0 Å². The summed E-state index contributed by atoms with van der Waals surface area (Å²) >= 11 is 0. The van der Waals surface area contributed by atoms with Gasteiger partial charge in [-0.1, -0.05) is 71.8 Å². The Hall–Kier alpha value is -2.80. The van der Waals surface area contributed by atoms with E-state index in [1.165, 1.54) is 16.7 Å². The van der Waals surface area contributed by atoms with E-state index in [1.54, 1.807) is 0 Å². The van der Waals surface area contributed by atoms with Crippen LogP contribution >= 0.6 is 0 Å². The summed E-state index contributed by atoms with van der Waals surface area (Å²) in [5, 5.41) is 14.8. The number of phenols is 1. The van der Waals surface area contributed by atoms with Crippen LogP contribution < -0.4 is 0 Å². The van der Waals surface area contributed by atoms with Crippen LogP contribution in [0.3, 0.4) is 0 Å². The van der Waals surface area contributed by atoms with Gasteiger partial charge >= 0.3 is 0 Å². The van der Waals surface area contributed by atoms with Crippen LogP contribution in [0.25, 0.3) is 32.7 Å². The standard InChI is InChI=1S/C22H18O/c1-14-7-10-16(11-8-14)21-17-5-3-4-6-19(17)22(23)20-13-15(2)9-12-18(20)21/h3-13,23H,1-2H3. The zero-order valence-electron chi connectivity index (χ0n) is 13.3. The average Bonchev–Trinajstić information content (AvgIpc) is 2.57. The summed E-state index contributed by atoms with van der Waals surface area (Å²) in [6.45, 7) is 4.15. The monoisotopic (exact) mass is 298 g/mol. The van der Waals surface area contributed by atoms with E-state index in [1.807, 2.05) is 18.2 Å². The van der Waals surface area contributed by atoms with Gasteiger partial charge < -0.3 is 5.11 Å². The van der Waals surface area contributed by atoms with Crippen molar-refractivity contribution in [1.29, 1.82) is 0 Å². The molecule has 1 N–H and O–H groups in total. The highest BCUT2D eigenvalue weighted by molar-refractivity contribution is 6.16. The Kier molecular flexibility index (Phi) is 3.09. The Bertz CT molecular complexity index is 1030. The summed E-state index contributed by atoms with van der Waals surface area (Å²) < 4.78 is 0. The number of phenolic OH excluding ortho intramolecular Hbond substituents is 1. The van der Waals surface area contributed by atoms with Crippen LogP contribution in [-0.4, -0.2) is 5.11 Å². The second kappa shape index (κ2) is 5.13. The van der Waals surface area contributed by atoms with Gasteiger partial charge in [0.1, 0.15) is 5.75 Å². The van der Waals surface area contributed by atoms with Crippen LogP contribution in [0.1, 0.15) is 11.1 Å². The van der Waals surface area contributed by atoms with Crippen LogP contribution in [0.15, 0.2) is 66.7 Å². The van der Waals surface area contributed by atoms with E-state index in [0.29, 0.717) is 5.75 Å². The number of rotatable bonds is 1. The van der Waals surface area contributed by atoms with Gasteiger partial charge in [-0.05, 0) is 41.8 Å². The molecule has 0 aliphatic rings. The Labute approximate surface area is 135 Å². The molecular formula is C22H18O. The Balaban J connectivity index is 2.23. The van der Waals surface area contributed by atoms with Crippen LogP contribution in [0.5, 0.6) is 5.75 Å². The van der Waals surface area contributed by atoms with Crippen molar-refractivity contribution in [2.24, 2.45) is 0 Å². The van der Waals surface area contributed by atoms with Gasteiger partial charge in [0.15, 0.2) is 0 Å².